The molecule has 0 spiro atoms. The molecule has 0 aliphatic rings. The van der Waals surface area contributed by atoms with Gasteiger partial charge in [0.2, 0.25) is 0 Å². The highest BCUT2D eigenvalue weighted by molar-refractivity contribution is 9.10. The first-order valence-electron chi connectivity index (χ1n) is 6.01. The van der Waals surface area contributed by atoms with E-state index in [1.54, 1.807) is 0 Å². The Morgan fingerprint density at radius 3 is 2.31 bits per heavy atom. The first-order valence-corrected chi connectivity index (χ1v) is 6.80. The van der Waals surface area contributed by atoms with Crippen LogP contribution in [0.5, 0.6) is 0 Å². The molecule has 1 nitrogen and oxygen atoms in total. The lowest BCUT2D eigenvalue weighted by atomic mass is 10.0. The lowest BCUT2D eigenvalue weighted by Gasteiger charge is -2.22. The minimum atomic E-state index is 0.393. The average Bonchev–Trinajstić information content (AvgIpc) is 2.16. The van der Waals surface area contributed by atoms with Gasteiger partial charge in [-0.3, -0.25) is 0 Å². The summed E-state index contributed by atoms with van der Waals surface area (Å²) in [5.41, 5.74) is 1.33. The van der Waals surface area contributed by atoms with Crippen molar-refractivity contribution in [1.82, 2.24) is 5.32 Å². The van der Waals surface area contributed by atoms with Gasteiger partial charge in [0.15, 0.2) is 0 Å². The summed E-state index contributed by atoms with van der Waals surface area (Å²) in [5.74, 6) is 0.744. The smallest absolute Gasteiger partial charge is 0.0305 e. The van der Waals surface area contributed by atoms with Crippen LogP contribution in [0.1, 0.15) is 45.7 Å². The number of rotatable bonds is 5. The van der Waals surface area contributed by atoms with Crippen LogP contribution in [0.25, 0.3) is 0 Å². The van der Waals surface area contributed by atoms with Crippen LogP contribution in [0.2, 0.25) is 0 Å². The maximum atomic E-state index is 3.64. The SMILES string of the molecule is CC(C)CC(C)N[C@H](C)c1ccccc1Br. The molecule has 2 atom stereocenters. The van der Waals surface area contributed by atoms with Crippen molar-refractivity contribution >= 4 is 15.9 Å². The summed E-state index contributed by atoms with van der Waals surface area (Å²) >= 11 is 3.60. The van der Waals surface area contributed by atoms with Crippen molar-refractivity contribution in [1.29, 1.82) is 0 Å². The van der Waals surface area contributed by atoms with Crippen molar-refractivity contribution in [2.45, 2.75) is 46.2 Å². The van der Waals surface area contributed by atoms with E-state index in [0.29, 0.717) is 12.1 Å². The maximum Gasteiger partial charge on any atom is 0.0305 e. The van der Waals surface area contributed by atoms with E-state index in [-0.39, 0.29) is 0 Å². The largest absolute Gasteiger partial charge is 0.308 e. The lowest BCUT2D eigenvalue weighted by Crippen LogP contribution is -2.30. The van der Waals surface area contributed by atoms with E-state index >= 15 is 0 Å². The molecule has 1 aromatic carbocycles. The molecule has 0 saturated heterocycles. The Labute approximate surface area is 108 Å². The fourth-order valence-electron chi connectivity index (χ4n) is 2.12. The molecule has 0 aliphatic heterocycles. The summed E-state index contributed by atoms with van der Waals surface area (Å²) in [6, 6.07) is 9.36. The topological polar surface area (TPSA) is 12.0 Å². The first-order chi connectivity index (χ1) is 7.50. The van der Waals surface area contributed by atoms with E-state index < -0.39 is 0 Å². The van der Waals surface area contributed by atoms with Gasteiger partial charge in [0.1, 0.15) is 0 Å². The highest BCUT2D eigenvalue weighted by Crippen LogP contribution is 2.23. The number of hydrogen-bond acceptors (Lipinski definition) is 1. The Hall–Kier alpha value is -0.340. The second kappa shape index (κ2) is 6.41. The van der Waals surface area contributed by atoms with Gasteiger partial charge in [-0.2, -0.15) is 0 Å². The van der Waals surface area contributed by atoms with E-state index in [1.165, 1.54) is 16.5 Å². The molecule has 0 aromatic heterocycles. The number of nitrogens with one attached hydrogen (secondary N) is 1. The van der Waals surface area contributed by atoms with E-state index in [0.717, 1.165) is 5.92 Å². The Kier molecular flexibility index (Phi) is 5.50. The van der Waals surface area contributed by atoms with Crippen molar-refractivity contribution in [2.24, 2.45) is 5.92 Å². The normalized spacial score (nSPS) is 15.1. The summed E-state index contributed by atoms with van der Waals surface area (Å²) in [6.07, 6.45) is 1.22. The van der Waals surface area contributed by atoms with Gasteiger partial charge in [0, 0.05) is 16.6 Å². The predicted octanol–water partition coefficient (Wildman–Crippen LogP) is 4.53. The van der Waals surface area contributed by atoms with Gasteiger partial charge in [0.25, 0.3) is 0 Å². The Bertz CT molecular complexity index is 322. The zero-order chi connectivity index (χ0) is 12.1. The zero-order valence-corrected chi connectivity index (χ0v) is 12.2. The van der Waals surface area contributed by atoms with E-state index in [2.05, 4.69) is 73.2 Å². The Morgan fingerprint density at radius 1 is 1.12 bits per heavy atom. The zero-order valence-electron chi connectivity index (χ0n) is 10.6. The fraction of sp³-hybridized carbons (Fsp3) is 0.571. The fourth-order valence-corrected chi connectivity index (χ4v) is 2.75. The standard InChI is InChI=1S/C14H22BrN/c1-10(2)9-11(3)16-12(4)13-7-5-6-8-14(13)15/h5-8,10-12,16H,9H2,1-4H3/t11?,12-/m1/s1. The summed E-state index contributed by atoms with van der Waals surface area (Å²) in [5, 5.41) is 3.64. The molecule has 0 bridgehead atoms. The van der Waals surface area contributed by atoms with Gasteiger partial charge in [-0.05, 0) is 37.8 Å². The lowest BCUT2D eigenvalue weighted by molar-refractivity contribution is 0.406. The first kappa shape index (κ1) is 13.7. The summed E-state index contributed by atoms with van der Waals surface area (Å²) < 4.78 is 1.19. The number of halogens is 1. The molecular formula is C14H22BrN. The van der Waals surface area contributed by atoms with E-state index in [1.807, 2.05) is 0 Å². The molecule has 1 unspecified atom stereocenters. The van der Waals surface area contributed by atoms with E-state index in [4.69, 9.17) is 0 Å². The third-order valence-electron chi connectivity index (χ3n) is 2.73. The molecule has 0 heterocycles. The molecule has 1 aromatic rings. The molecule has 0 saturated carbocycles. The molecule has 0 aliphatic carbocycles. The monoisotopic (exact) mass is 283 g/mol. The van der Waals surface area contributed by atoms with Crippen LogP contribution < -0.4 is 5.32 Å². The Balaban J connectivity index is 2.58. The third kappa shape index (κ3) is 4.26. The van der Waals surface area contributed by atoms with Gasteiger partial charge in [-0.25, -0.2) is 0 Å². The number of benzene rings is 1. The second-order valence-corrected chi connectivity index (χ2v) is 5.79. The predicted molar refractivity (Wildman–Crippen MR) is 74.6 cm³/mol. The van der Waals surface area contributed by atoms with Crippen LogP contribution in [0, 0.1) is 5.92 Å². The molecule has 1 rings (SSSR count). The molecule has 16 heavy (non-hydrogen) atoms. The van der Waals surface area contributed by atoms with E-state index in [9.17, 15) is 0 Å². The third-order valence-corrected chi connectivity index (χ3v) is 3.45. The van der Waals surface area contributed by atoms with Gasteiger partial charge in [-0.15, -0.1) is 0 Å². The number of hydrogen-bond donors (Lipinski definition) is 1. The quantitative estimate of drug-likeness (QED) is 0.837. The summed E-state index contributed by atoms with van der Waals surface area (Å²) in [4.78, 5) is 0. The molecule has 1 N–H and O–H groups in total. The van der Waals surface area contributed by atoms with Crippen molar-refractivity contribution in [3.05, 3.63) is 34.3 Å². The van der Waals surface area contributed by atoms with Crippen LogP contribution in [0.3, 0.4) is 0 Å². The van der Waals surface area contributed by atoms with Gasteiger partial charge in [0.05, 0.1) is 0 Å². The summed E-state index contributed by atoms with van der Waals surface area (Å²) in [6.45, 7) is 9.01. The van der Waals surface area contributed by atoms with Crippen LogP contribution in [0.4, 0.5) is 0 Å². The van der Waals surface area contributed by atoms with Crippen molar-refractivity contribution in [3.63, 3.8) is 0 Å². The molecule has 0 fully saturated rings. The highest BCUT2D eigenvalue weighted by Gasteiger charge is 2.12. The molecular weight excluding hydrogens is 262 g/mol. The molecule has 0 amide bonds. The minimum absolute atomic E-state index is 0.393. The van der Waals surface area contributed by atoms with Crippen LogP contribution in [-0.4, -0.2) is 6.04 Å². The van der Waals surface area contributed by atoms with Crippen LogP contribution >= 0.6 is 15.9 Å². The Morgan fingerprint density at radius 2 is 1.75 bits per heavy atom. The van der Waals surface area contributed by atoms with Gasteiger partial charge >= 0.3 is 0 Å². The molecule has 90 valence electrons. The maximum absolute atomic E-state index is 3.64. The van der Waals surface area contributed by atoms with Crippen molar-refractivity contribution in [3.8, 4) is 0 Å². The van der Waals surface area contributed by atoms with Crippen LogP contribution in [-0.2, 0) is 0 Å². The minimum Gasteiger partial charge on any atom is -0.308 e. The van der Waals surface area contributed by atoms with Gasteiger partial charge < -0.3 is 5.32 Å². The molecule has 0 radical (unpaired) electrons. The average molecular weight is 284 g/mol. The summed E-state index contributed by atoms with van der Waals surface area (Å²) in [7, 11) is 0. The highest BCUT2D eigenvalue weighted by atomic mass is 79.9. The second-order valence-electron chi connectivity index (χ2n) is 4.94. The van der Waals surface area contributed by atoms with Crippen molar-refractivity contribution in [2.75, 3.05) is 0 Å². The van der Waals surface area contributed by atoms with Crippen molar-refractivity contribution < 1.29 is 0 Å². The molecule has 2 heteroatoms. The van der Waals surface area contributed by atoms with Crippen LogP contribution in [0.15, 0.2) is 28.7 Å². The van der Waals surface area contributed by atoms with Gasteiger partial charge in [-0.1, -0.05) is 48.0 Å².